The van der Waals surface area contributed by atoms with E-state index in [0.29, 0.717) is 6.54 Å². The predicted octanol–water partition coefficient (Wildman–Crippen LogP) is 0.979. The Hall–Kier alpha value is -1.59. The Balaban J connectivity index is 2.56. The topological polar surface area (TPSA) is 67.1 Å². The van der Waals surface area contributed by atoms with Crippen LogP contribution >= 0.6 is 0 Å². The second kappa shape index (κ2) is 7.68. The van der Waals surface area contributed by atoms with E-state index in [4.69, 9.17) is 0 Å². The van der Waals surface area contributed by atoms with E-state index in [1.54, 1.807) is 0 Å². The molecule has 0 aromatic carbocycles. The third-order valence-corrected chi connectivity index (χ3v) is 2.73. The summed E-state index contributed by atoms with van der Waals surface area (Å²) in [6, 6.07) is 0. The summed E-state index contributed by atoms with van der Waals surface area (Å²) in [5.74, 6) is 2.62. The first-order chi connectivity index (χ1) is 8.69. The number of nitrogens with one attached hydrogen (secondary N) is 2. The van der Waals surface area contributed by atoms with Gasteiger partial charge in [0.2, 0.25) is 0 Å². The zero-order valence-corrected chi connectivity index (χ0v) is 11.8. The zero-order valence-electron chi connectivity index (χ0n) is 11.8. The lowest BCUT2D eigenvalue weighted by molar-refractivity contribution is 0.721. The predicted molar refractivity (Wildman–Crippen MR) is 73.5 cm³/mol. The normalized spacial score (nSPS) is 11.7. The fourth-order valence-electron chi connectivity index (χ4n) is 1.46. The Kier molecular flexibility index (Phi) is 6.18. The van der Waals surface area contributed by atoms with Crippen molar-refractivity contribution in [3.63, 3.8) is 0 Å². The van der Waals surface area contributed by atoms with Gasteiger partial charge in [-0.05, 0) is 20.3 Å². The van der Waals surface area contributed by atoms with Crippen LogP contribution in [0.15, 0.2) is 4.99 Å². The van der Waals surface area contributed by atoms with Crippen molar-refractivity contribution >= 4 is 5.96 Å². The molecule has 6 nitrogen and oxygen atoms in total. The maximum absolute atomic E-state index is 4.50. The largest absolute Gasteiger partial charge is 0.357 e. The van der Waals surface area contributed by atoms with Gasteiger partial charge in [0, 0.05) is 20.1 Å². The number of aryl methyl sites for hydroxylation is 1. The maximum Gasteiger partial charge on any atom is 0.191 e. The molecule has 1 aromatic rings. The Morgan fingerprint density at radius 3 is 2.61 bits per heavy atom. The first-order valence-corrected chi connectivity index (χ1v) is 6.56. The van der Waals surface area contributed by atoms with Gasteiger partial charge in [0.15, 0.2) is 11.8 Å². The van der Waals surface area contributed by atoms with Crippen LogP contribution in [-0.2, 0) is 13.6 Å². The molecular weight excluding hydrogens is 228 g/mol. The summed E-state index contributed by atoms with van der Waals surface area (Å²) >= 11 is 0. The minimum Gasteiger partial charge on any atom is -0.357 e. The average Bonchev–Trinajstić information content (AvgIpc) is 2.67. The van der Waals surface area contributed by atoms with Gasteiger partial charge in [-0.3, -0.25) is 0 Å². The van der Waals surface area contributed by atoms with Crippen molar-refractivity contribution in [3.05, 3.63) is 11.6 Å². The molecule has 0 atom stereocenters. The number of aliphatic imine (C=N–C) groups is 1. The van der Waals surface area contributed by atoms with Gasteiger partial charge in [0.05, 0.1) is 0 Å². The van der Waals surface area contributed by atoms with Crippen molar-refractivity contribution in [1.29, 1.82) is 0 Å². The van der Waals surface area contributed by atoms with Gasteiger partial charge in [-0.15, -0.1) is 10.2 Å². The van der Waals surface area contributed by atoms with E-state index in [0.717, 1.165) is 37.1 Å². The van der Waals surface area contributed by atoms with Crippen LogP contribution in [0.2, 0.25) is 0 Å². The molecule has 0 fully saturated rings. The van der Waals surface area contributed by atoms with Crippen molar-refractivity contribution in [2.45, 2.75) is 40.2 Å². The van der Waals surface area contributed by atoms with Crippen molar-refractivity contribution in [2.24, 2.45) is 12.0 Å². The summed E-state index contributed by atoms with van der Waals surface area (Å²) in [4.78, 5) is 4.50. The van der Waals surface area contributed by atoms with Crippen LogP contribution in [0.1, 0.15) is 38.3 Å². The van der Waals surface area contributed by atoms with E-state index in [1.807, 2.05) is 18.5 Å². The molecule has 0 unspecified atom stereocenters. The standard InChI is InChI=1S/C12H24N6/c1-5-7-8-14-12(13-6-2)15-9-11-17-16-10(3)18(11)4/h5-9H2,1-4H3,(H2,13,14,15). The fourth-order valence-corrected chi connectivity index (χ4v) is 1.46. The first kappa shape index (κ1) is 14.5. The van der Waals surface area contributed by atoms with Crippen LogP contribution in [0.25, 0.3) is 0 Å². The van der Waals surface area contributed by atoms with Crippen molar-refractivity contribution in [3.8, 4) is 0 Å². The molecule has 1 aromatic heterocycles. The molecule has 1 heterocycles. The van der Waals surface area contributed by atoms with Crippen LogP contribution in [-0.4, -0.2) is 33.8 Å². The van der Waals surface area contributed by atoms with Gasteiger partial charge in [-0.25, -0.2) is 4.99 Å². The van der Waals surface area contributed by atoms with Gasteiger partial charge in [-0.2, -0.15) is 0 Å². The second-order valence-electron chi connectivity index (χ2n) is 4.20. The van der Waals surface area contributed by atoms with Gasteiger partial charge < -0.3 is 15.2 Å². The molecule has 102 valence electrons. The van der Waals surface area contributed by atoms with Crippen LogP contribution in [0.4, 0.5) is 0 Å². The van der Waals surface area contributed by atoms with E-state index in [-0.39, 0.29) is 0 Å². The first-order valence-electron chi connectivity index (χ1n) is 6.56. The highest BCUT2D eigenvalue weighted by molar-refractivity contribution is 5.79. The maximum atomic E-state index is 4.50. The van der Waals surface area contributed by atoms with Gasteiger partial charge >= 0.3 is 0 Å². The summed E-state index contributed by atoms with van der Waals surface area (Å²) < 4.78 is 1.96. The highest BCUT2D eigenvalue weighted by Gasteiger charge is 2.04. The number of unbranched alkanes of at least 4 members (excludes halogenated alkanes) is 1. The molecule has 0 aliphatic heterocycles. The second-order valence-corrected chi connectivity index (χ2v) is 4.20. The van der Waals surface area contributed by atoms with Gasteiger partial charge in [-0.1, -0.05) is 13.3 Å². The molecule has 0 spiro atoms. The molecular formula is C12H24N6. The molecule has 1 rings (SSSR count). The van der Waals surface area contributed by atoms with Crippen LogP contribution in [0.3, 0.4) is 0 Å². The van der Waals surface area contributed by atoms with Crippen molar-refractivity contribution in [2.75, 3.05) is 13.1 Å². The molecule has 6 heteroatoms. The summed E-state index contributed by atoms with van der Waals surface area (Å²) in [7, 11) is 1.96. The zero-order chi connectivity index (χ0) is 13.4. The lowest BCUT2D eigenvalue weighted by Crippen LogP contribution is -2.37. The summed E-state index contributed by atoms with van der Waals surface area (Å²) in [6.07, 6.45) is 2.32. The molecule has 0 aliphatic carbocycles. The smallest absolute Gasteiger partial charge is 0.191 e. The Morgan fingerprint density at radius 1 is 1.28 bits per heavy atom. The average molecular weight is 252 g/mol. The fraction of sp³-hybridized carbons (Fsp3) is 0.750. The van der Waals surface area contributed by atoms with E-state index in [9.17, 15) is 0 Å². The number of hydrogen-bond donors (Lipinski definition) is 2. The van der Waals surface area contributed by atoms with E-state index < -0.39 is 0 Å². The number of guanidine groups is 1. The number of hydrogen-bond acceptors (Lipinski definition) is 3. The van der Waals surface area contributed by atoms with E-state index in [1.165, 1.54) is 6.42 Å². The third kappa shape index (κ3) is 4.35. The van der Waals surface area contributed by atoms with E-state index in [2.05, 4.69) is 39.7 Å². The quantitative estimate of drug-likeness (QED) is 0.450. The highest BCUT2D eigenvalue weighted by Crippen LogP contribution is 1.98. The molecule has 0 radical (unpaired) electrons. The third-order valence-electron chi connectivity index (χ3n) is 2.73. The monoisotopic (exact) mass is 252 g/mol. The Bertz CT molecular complexity index is 382. The molecule has 0 bridgehead atoms. The summed E-state index contributed by atoms with van der Waals surface area (Å²) in [5.41, 5.74) is 0. The molecule has 18 heavy (non-hydrogen) atoms. The molecule has 2 N–H and O–H groups in total. The van der Waals surface area contributed by atoms with Crippen molar-refractivity contribution in [1.82, 2.24) is 25.4 Å². The lowest BCUT2D eigenvalue weighted by Gasteiger charge is -2.10. The molecule has 0 saturated carbocycles. The van der Waals surface area contributed by atoms with Crippen LogP contribution in [0.5, 0.6) is 0 Å². The minimum absolute atomic E-state index is 0.540. The molecule has 0 saturated heterocycles. The summed E-state index contributed by atoms with van der Waals surface area (Å²) in [6.45, 7) is 8.51. The lowest BCUT2D eigenvalue weighted by atomic mass is 10.3. The highest BCUT2D eigenvalue weighted by atomic mass is 15.3. The van der Waals surface area contributed by atoms with Crippen molar-refractivity contribution < 1.29 is 0 Å². The number of aromatic nitrogens is 3. The molecule has 0 amide bonds. The van der Waals surface area contributed by atoms with Gasteiger partial charge in [0.1, 0.15) is 12.4 Å². The molecule has 0 aliphatic rings. The van der Waals surface area contributed by atoms with E-state index >= 15 is 0 Å². The van der Waals surface area contributed by atoms with Crippen LogP contribution < -0.4 is 10.6 Å². The van der Waals surface area contributed by atoms with Crippen LogP contribution in [0, 0.1) is 6.92 Å². The SMILES string of the molecule is CCCCNC(=NCc1nnc(C)n1C)NCC. The van der Waals surface area contributed by atoms with Gasteiger partial charge in [0.25, 0.3) is 0 Å². The number of nitrogens with zero attached hydrogens (tertiary/aromatic N) is 4. The number of rotatable bonds is 6. The minimum atomic E-state index is 0.540. The Labute approximate surface area is 109 Å². The Morgan fingerprint density at radius 2 is 2.06 bits per heavy atom. The summed E-state index contributed by atoms with van der Waals surface area (Å²) in [5, 5.41) is 14.6.